The van der Waals surface area contributed by atoms with Gasteiger partial charge in [0.15, 0.2) is 0 Å². The third-order valence-electron chi connectivity index (χ3n) is 6.46. The Hall–Kier alpha value is -2.73. The van der Waals surface area contributed by atoms with Crippen LogP contribution in [0.2, 0.25) is 0 Å². The number of nitrogens with one attached hydrogen (secondary N) is 1. The van der Waals surface area contributed by atoms with Crippen molar-refractivity contribution >= 4 is 16.8 Å². The molecule has 6 nitrogen and oxygen atoms in total. The third kappa shape index (κ3) is 2.79. The number of amides is 1. The SMILES string of the molecule is CN1C[C@H](CNC(=O)c2cnccn2)C[C@@H]2c3cccc4c3c(cn4C)C[C@H]21. The van der Waals surface area contributed by atoms with Gasteiger partial charge in [-0.25, -0.2) is 4.98 Å². The minimum Gasteiger partial charge on any atom is -0.350 e. The quantitative estimate of drug-likeness (QED) is 0.763. The fraction of sp³-hybridized carbons (Fsp3) is 0.409. The highest BCUT2D eigenvalue weighted by Crippen LogP contribution is 2.44. The number of fused-ring (bicyclic) bond motifs is 2. The minimum absolute atomic E-state index is 0.144. The molecule has 3 atom stereocenters. The van der Waals surface area contributed by atoms with Crippen LogP contribution in [0.5, 0.6) is 0 Å². The Morgan fingerprint density at radius 1 is 1.29 bits per heavy atom. The third-order valence-corrected chi connectivity index (χ3v) is 6.46. The Morgan fingerprint density at radius 3 is 3.00 bits per heavy atom. The molecule has 6 heteroatoms. The molecule has 28 heavy (non-hydrogen) atoms. The van der Waals surface area contributed by atoms with E-state index in [2.05, 4.69) is 63.2 Å². The summed E-state index contributed by atoms with van der Waals surface area (Å²) in [4.78, 5) is 22.9. The number of likely N-dealkylation sites (tertiary alicyclic amines) is 1. The summed E-state index contributed by atoms with van der Waals surface area (Å²) in [6.45, 7) is 1.67. The molecule has 3 heterocycles. The van der Waals surface area contributed by atoms with Gasteiger partial charge in [0.2, 0.25) is 0 Å². The molecule has 1 aromatic carbocycles. The van der Waals surface area contributed by atoms with Crippen molar-refractivity contribution in [1.82, 2.24) is 24.8 Å². The maximum Gasteiger partial charge on any atom is 0.271 e. The van der Waals surface area contributed by atoms with Crippen molar-refractivity contribution in [2.75, 3.05) is 20.1 Å². The molecule has 3 aromatic rings. The van der Waals surface area contributed by atoms with Gasteiger partial charge in [0.1, 0.15) is 5.69 Å². The normalized spacial score (nSPS) is 24.1. The van der Waals surface area contributed by atoms with Crippen LogP contribution in [0.4, 0.5) is 0 Å². The summed E-state index contributed by atoms with van der Waals surface area (Å²) in [7, 11) is 4.36. The summed E-state index contributed by atoms with van der Waals surface area (Å²) in [5, 5.41) is 4.51. The molecule has 1 fully saturated rings. The predicted octanol–water partition coefficient (Wildman–Crippen LogP) is 2.36. The number of rotatable bonds is 3. The Kier molecular flexibility index (Phi) is 4.16. The molecule has 2 aliphatic rings. The highest BCUT2D eigenvalue weighted by Gasteiger charge is 2.39. The second kappa shape index (κ2) is 6.71. The molecule has 1 aliphatic carbocycles. The number of aryl methyl sites for hydroxylation is 1. The van der Waals surface area contributed by atoms with Crippen molar-refractivity contribution < 1.29 is 4.79 Å². The Morgan fingerprint density at radius 2 is 2.18 bits per heavy atom. The fourth-order valence-electron chi connectivity index (χ4n) is 5.22. The van der Waals surface area contributed by atoms with Crippen molar-refractivity contribution in [2.45, 2.75) is 24.8 Å². The summed E-state index contributed by atoms with van der Waals surface area (Å²) in [6.07, 6.45) is 9.14. The van der Waals surface area contributed by atoms with Gasteiger partial charge in [-0.05, 0) is 43.0 Å². The summed E-state index contributed by atoms with van der Waals surface area (Å²) in [6, 6.07) is 7.24. The highest BCUT2D eigenvalue weighted by molar-refractivity contribution is 5.92. The molecular formula is C22H25N5O. The van der Waals surface area contributed by atoms with Crippen LogP contribution in [0, 0.1) is 5.92 Å². The van der Waals surface area contributed by atoms with E-state index < -0.39 is 0 Å². The minimum atomic E-state index is -0.144. The van der Waals surface area contributed by atoms with E-state index in [0.29, 0.717) is 30.1 Å². The molecule has 1 saturated heterocycles. The van der Waals surface area contributed by atoms with Crippen LogP contribution < -0.4 is 5.32 Å². The van der Waals surface area contributed by atoms with Crippen molar-refractivity contribution in [3.05, 3.63) is 59.8 Å². The monoisotopic (exact) mass is 375 g/mol. The summed E-state index contributed by atoms with van der Waals surface area (Å²) in [5.74, 6) is 0.789. The second-order valence-corrected chi connectivity index (χ2v) is 8.23. The average Bonchev–Trinajstić information content (AvgIpc) is 3.04. The van der Waals surface area contributed by atoms with Crippen LogP contribution in [0.3, 0.4) is 0 Å². The lowest BCUT2D eigenvalue weighted by atomic mass is 9.72. The maximum absolute atomic E-state index is 12.3. The lowest BCUT2D eigenvalue weighted by molar-refractivity contribution is 0.0886. The van der Waals surface area contributed by atoms with Gasteiger partial charge in [0, 0.05) is 61.6 Å². The van der Waals surface area contributed by atoms with Gasteiger partial charge < -0.3 is 14.8 Å². The number of likely N-dealkylation sites (N-methyl/N-ethyl adjacent to an activating group) is 1. The van der Waals surface area contributed by atoms with E-state index in [1.165, 1.54) is 28.2 Å². The van der Waals surface area contributed by atoms with Gasteiger partial charge >= 0.3 is 0 Å². The summed E-state index contributed by atoms with van der Waals surface area (Å²) < 4.78 is 2.25. The van der Waals surface area contributed by atoms with Crippen LogP contribution in [0.25, 0.3) is 10.9 Å². The van der Waals surface area contributed by atoms with Crippen LogP contribution in [0.15, 0.2) is 43.0 Å². The van der Waals surface area contributed by atoms with Gasteiger partial charge in [-0.2, -0.15) is 0 Å². The number of benzene rings is 1. The molecule has 0 saturated carbocycles. The van der Waals surface area contributed by atoms with Crippen LogP contribution >= 0.6 is 0 Å². The zero-order valence-electron chi connectivity index (χ0n) is 16.3. The Balaban J connectivity index is 1.37. The summed E-state index contributed by atoms with van der Waals surface area (Å²) >= 11 is 0. The van der Waals surface area contributed by atoms with Crippen LogP contribution in [0.1, 0.15) is 34.0 Å². The zero-order valence-corrected chi connectivity index (χ0v) is 16.3. The lowest BCUT2D eigenvalue weighted by Gasteiger charge is -2.45. The number of hydrogen-bond donors (Lipinski definition) is 1. The summed E-state index contributed by atoms with van der Waals surface area (Å²) in [5.41, 5.74) is 4.64. The average molecular weight is 375 g/mol. The number of nitrogens with zero attached hydrogens (tertiary/aromatic N) is 4. The Bertz CT molecular complexity index is 1030. The van der Waals surface area contributed by atoms with Gasteiger partial charge in [-0.3, -0.25) is 9.78 Å². The number of carbonyl (C=O) groups excluding carboxylic acids is 1. The second-order valence-electron chi connectivity index (χ2n) is 8.23. The highest BCUT2D eigenvalue weighted by atomic mass is 16.1. The van der Waals surface area contributed by atoms with Crippen molar-refractivity contribution in [2.24, 2.45) is 13.0 Å². The maximum atomic E-state index is 12.3. The smallest absolute Gasteiger partial charge is 0.271 e. The Labute approximate surface area is 164 Å². The number of hydrogen-bond acceptors (Lipinski definition) is 4. The van der Waals surface area contributed by atoms with Crippen molar-refractivity contribution in [3.8, 4) is 0 Å². The molecule has 0 bridgehead atoms. The van der Waals surface area contributed by atoms with Gasteiger partial charge in [-0.1, -0.05) is 12.1 Å². The van der Waals surface area contributed by atoms with E-state index in [1.807, 2.05) is 0 Å². The largest absolute Gasteiger partial charge is 0.350 e. The molecule has 1 aliphatic heterocycles. The van der Waals surface area contributed by atoms with E-state index in [0.717, 1.165) is 19.4 Å². The molecule has 0 radical (unpaired) electrons. The predicted molar refractivity (Wildman–Crippen MR) is 108 cm³/mol. The molecular weight excluding hydrogens is 350 g/mol. The first-order valence-corrected chi connectivity index (χ1v) is 9.93. The van der Waals surface area contributed by atoms with Crippen molar-refractivity contribution in [1.29, 1.82) is 0 Å². The molecule has 0 unspecified atom stereocenters. The standard InChI is InChI=1S/C22H25N5O/c1-26-12-14(10-25-22(28)18-11-23-6-7-24-18)8-17-16-4-3-5-19-21(16)15(9-20(17)26)13-27(19)2/h3-7,11,13-14,17,20H,8-10,12H2,1-2H3,(H,25,28)/t14-,17+,20+/m0/s1. The molecule has 2 aromatic heterocycles. The molecule has 1 amide bonds. The van der Waals surface area contributed by atoms with Crippen LogP contribution in [-0.2, 0) is 13.5 Å². The number of aromatic nitrogens is 3. The zero-order chi connectivity index (χ0) is 19.3. The van der Waals surface area contributed by atoms with Crippen LogP contribution in [-0.4, -0.2) is 51.5 Å². The molecule has 1 N–H and O–H groups in total. The topological polar surface area (TPSA) is 63.1 Å². The fourth-order valence-corrected chi connectivity index (χ4v) is 5.22. The first-order valence-electron chi connectivity index (χ1n) is 9.93. The number of piperidine rings is 1. The molecule has 144 valence electrons. The van der Waals surface area contributed by atoms with E-state index in [-0.39, 0.29) is 5.91 Å². The van der Waals surface area contributed by atoms with Gasteiger partial charge in [-0.15, -0.1) is 0 Å². The lowest BCUT2D eigenvalue weighted by Crippen LogP contribution is -2.50. The molecule has 5 rings (SSSR count). The van der Waals surface area contributed by atoms with E-state index in [1.54, 1.807) is 12.4 Å². The number of carbonyl (C=O) groups is 1. The van der Waals surface area contributed by atoms with Gasteiger partial charge in [0.05, 0.1) is 6.20 Å². The van der Waals surface area contributed by atoms with E-state index in [4.69, 9.17) is 0 Å². The first kappa shape index (κ1) is 17.4. The first-order chi connectivity index (χ1) is 13.6. The molecule has 0 spiro atoms. The van der Waals surface area contributed by atoms with E-state index >= 15 is 0 Å². The van der Waals surface area contributed by atoms with Crippen molar-refractivity contribution in [3.63, 3.8) is 0 Å². The van der Waals surface area contributed by atoms with E-state index in [9.17, 15) is 4.79 Å². The van der Waals surface area contributed by atoms with Gasteiger partial charge in [0.25, 0.3) is 5.91 Å².